The second kappa shape index (κ2) is 17.1. The molecule has 0 unspecified atom stereocenters. The molecular weight excluding hydrogens is 909 g/mol. The SMILES string of the molecule is c1ccc(-c2cc(-c3cc(-n4c5ccccc5c5ccccc54)cc(-n4c5ccccc5c5ccccc54)c3)nc(-c3cccc(-c4cccc5c4-c4ccccc4C5(c4ccccc4)c4ccccc4)c3)n2)cc1. The Hall–Kier alpha value is -9.90. The van der Waals surface area contributed by atoms with Crippen molar-refractivity contribution in [3.05, 3.63) is 301 Å². The van der Waals surface area contributed by atoms with E-state index in [4.69, 9.17) is 9.97 Å². The molecule has 0 saturated heterocycles. The maximum atomic E-state index is 5.61. The van der Waals surface area contributed by atoms with E-state index in [9.17, 15) is 0 Å². The van der Waals surface area contributed by atoms with Crippen LogP contribution in [0.5, 0.6) is 0 Å². The Morgan fingerprint density at radius 2 is 0.693 bits per heavy atom. The smallest absolute Gasteiger partial charge is 0.160 e. The Kier molecular flexibility index (Phi) is 9.76. The van der Waals surface area contributed by atoms with E-state index < -0.39 is 5.41 Å². The molecule has 350 valence electrons. The van der Waals surface area contributed by atoms with E-state index in [1.165, 1.54) is 60.5 Å². The van der Waals surface area contributed by atoms with Crippen molar-refractivity contribution in [2.45, 2.75) is 5.41 Å². The van der Waals surface area contributed by atoms with E-state index in [1.54, 1.807) is 0 Å². The fourth-order valence-corrected chi connectivity index (χ4v) is 12.4. The lowest BCUT2D eigenvalue weighted by Crippen LogP contribution is -2.28. The number of fused-ring (bicyclic) bond motifs is 9. The van der Waals surface area contributed by atoms with Crippen molar-refractivity contribution in [3.63, 3.8) is 0 Å². The zero-order valence-corrected chi connectivity index (χ0v) is 40.8. The van der Waals surface area contributed by atoms with E-state index in [1.807, 2.05) is 0 Å². The van der Waals surface area contributed by atoms with Crippen LogP contribution in [0.25, 0.3) is 111 Å². The molecule has 3 aromatic heterocycles. The van der Waals surface area contributed by atoms with Gasteiger partial charge in [-0.1, -0.05) is 224 Å². The Labute approximate surface area is 434 Å². The third-order valence-corrected chi connectivity index (χ3v) is 15.6. The van der Waals surface area contributed by atoms with E-state index in [0.29, 0.717) is 5.82 Å². The van der Waals surface area contributed by atoms with Crippen molar-refractivity contribution < 1.29 is 0 Å². The van der Waals surface area contributed by atoms with Crippen LogP contribution in [-0.4, -0.2) is 19.1 Å². The minimum absolute atomic E-state index is 0.504. The third kappa shape index (κ3) is 6.63. The number of rotatable bonds is 8. The highest BCUT2D eigenvalue weighted by molar-refractivity contribution is 6.11. The monoisotopic (exact) mass is 954 g/mol. The van der Waals surface area contributed by atoms with Crippen molar-refractivity contribution in [1.29, 1.82) is 0 Å². The summed E-state index contributed by atoms with van der Waals surface area (Å²) in [4.78, 5) is 11.0. The van der Waals surface area contributed by atoms with E-state index in [2.05, 4.69) is 288 Å². The molecule has 1 aliphatic rings. The number of para-hydroxylation sites is 4. The maximum Gasteiger partial charge on any atom is 0.160 e. The average molecular weight is 955 g/mol. The summed E-state index contributed by atoms with van der Waals surface area (Å²) in [5.41, 5.74) is 20.6. The van der Waals surface area contributed by atoms with Crippen LogP contribution in [-0.2, 0) is 5.41 Å². The van der Waals surface area contributed by atoms with Crippen LogP contribution in [0, 0.1) is 0 Å². The van der Waals surface area contributed by atoms with Gasteiger partial charge in [-0.25, -0.2) is 9.97 Å². The van der Waals surface area contributed by atoms with E-state index >= 15 is 0 Å². The van der Waals surface area contributed by atoms with Gasteiger partial charge in [0.05, 0.1) is 38.9 Å². The summed E-state index contributed by atoms with van der Waals surface area (Å²) in [5.74, 6) is 0.657. The van der Waals surface area contributed by atoms with E-state index in [-0.39, 0.29) is 0 Å². The quantitative estimate of drug-likeness (QED) is 0.152. The van der Waals surface area contributed by atoms with Crippen molar-refractivity contribution >= 4 is 43.6 Å². The Balaban J connectivity index is 0.957. The fraction of sp³-hybridized carbons (Fsp3) is 0.0141. The topological polar surface area (TPSA) is 35.6 Å². The van der Waals surface area contributed by atoms with Gasteiger partial charge in [0.1, 0.15) is 0 Å². The van der Waals surface area contributed by atoms with Gasteiger partial charge in [0, 0.05) is 49.6 Å². The fourth-order valence-electron chi connectivity index (χ4n) is 12.4. The average Bonchev–Trinajstić information content (AvgIpc) is 4.14. The van der Waals surface area contributed by atoms with Gasteiger partial charge in [0.2, 0.25) is 0 Å². The van der Waals surface area contributed by atoms with Crippen molar-refractivity contribution in [2.75, 3.05) is 0 Å². The van der Waals surface area contributed by atoms with Gasteiger partial charge in [-0.15, -0.1) is 0 Å². The maximum absolute atomic E-state index is 5.61. The number of aromatic nitrogens is 4. The first-order valence-corrected chi connectivity index (χ1v) is 25.7. The highest BCUT2D eigenvalue weighted by Gasteiger charge is 2.46. The van der Waals surface area contributed by atoms with Crippen LogP contribution in [0.2, 0.25) is 0 Å². The molecule has 75 heavy (non-hydrogen) atoms. The van der Waals surface area contributed by atoms with Crippen LogP contribution in [0.1, 0.15) is 22.3 Å². The van der Waals surface area contributed by atoms with Gasteiger partial charge >= 0.3 is 0 Å². The zero-order chi connectivity index (χ0) is 49.5. The molecule has 4 nitrogen and oxygen atoms in total. The molecule has 4 heteroatoms. The Morgan fingerprint density at radius 3 is 1.25 bits per heavy atom. The van der Waals surface area contributed by atoms with Crippen molar-refractivity contribution in [2.24, 2.45) is 0 Å². The van der Waals surface area contributed by atoms with Crippen LogP contribution in [0.4, 0.5) is 0 Å². The Bertz CT molecular complexity index is 4250. The normalized spacial score (nSPS) is 12.6. The summed E-state index contributed by atoms with van der Waals surface area (Å²) in [7, 11) is 0. The molecule has 15 rings (SSSR count). The van der Waals surface area contributed by atoms with Crippen LogP contribution >= 0.6 is 0 Å². The zero-order valence-electron chi connectivity index (χ0n) is 40.8. The lowest BCUT2D eigenvalue weighted by atomic mass is 9.67. The van der Waals surface area contributed by atoms with Gasteiger partial charge in [0.25, 0.3) is 0 Å². The standard InChI is InChI=1S/C71H46N4/c1-4-22-47(23-5-1)63-46-64(50-43-53(74-65-38-16-11-30-56(65)57-31-12-17-39-66(57)74)45-54(44-50)75-67-40-18-13-32-58(67)59-33-14-19-41-68(59)75)73-70(72-63)49-25-20-24-48(42-49)55-35-21-37-62-69(55)60-34-10-15-36-61(60)71(62,51-26-6-2-7-27-51)52-28-8-3-9-29-52/h1-46H. The molecule has 11 aromatic carbocycles. The molecule has 0 amide bonds. The number of nitrogens with zero attached hydrogens (tertiary/aromatic N) is 4. The third-order valence-electron chi connectivity index (χ3n) is 15.6. The lowest BCUT2D eigenvalue weighted by Gasteiger charge is -2.34. The number of hydrogen-bond acceptors (Lipinski definition) is 2. The molecule has 0 bridgehead atoms. The Morgan fingerprint density at radius 1 is 0.280 bits per heavy atom. The molecule has 0 aliphatic heterocycles. The lowest BCUT2D eigenvalue weighted by molar-refractivity contribution is 0.768. The molecule has 0 N–H and O–H groups in total. The predicted molar refractivity (Wildman–Crippen MR) is 310 cm³/mol. The summed E-state index contributed by atoms with van der Waals surface area (Å²) in [6.07, 6.45) is 0. The molecule has 0 spiro atoms. The van der Waals surface area contributed by atoms with Gasteiger partial charge in [-0.05, 0) is 99.1 Å². The molecule has 0 radical (unpaired) electrons. The summed E-state index contributed by atoms with van der Waals surface area (Å²) >= 11 is 0. The first-order chi connectivity index (χ1) is 37.2. The van der Waals surface area contributed by atoms with Gasteiger partial charge in [0.15, 0.2) is 5.82 Å². The highest BCUT2D eigenvalue weighted by Crippen LogP contribution is 2.58. The molecule has 1 aliphatic carbocycles. The number of benzene rings is 11. The molecule has 3 heterocycles. The minimum atomic E-state index is -0.504. The van der Waals surface area contributed by atoms with Gasteiger partial charge < -0.3 is 9.13 Å². The van der Waals surface area contributed by atoms with Crippen molar-refractivity contribution in [1.82, 2.24) is 19.1 Å². The summed E-state index contributed by atoms with van der Waals surface area (Å²) in [6.45, 7) is 0. The molecule has 0 atom stereocenters. The first kappa shape index (κ1) is 42.8. The molecular formula is C71H46N4. The minimum Gasteiger partial charge on any atom is -0.309 e. The highest BCUT2D eigenvalue weighted by atomic mass is 15.0. The number of hydrogen-bond donors (Lipinski definition) is 0. The van der Waals surface area contributed by atoms with E-state index in [0.717, 1.165) is 67.1 Å². The molecule has 0 saturated carbocycles. The van der Waals surface area contributed by atoms with Crippen LogP contribution in [0.15, 0.2) is 279 Å². The first-order valence-electron chi connectivity index (χ1n) is 25.7. The summed E-state index contributed by atoms with van der Waals surface area (Å²) in [6, 6.07) is 101. The molecule has 14 aromatic rings. The van der Waals surface area contributed by atoms with Crippen molar-refractivity contribution in [3.8, 4) is 67.5 Å². The largest absolute Gasteiger partial charge is 0.309 e. The van der Waals surface area contributed by atoms with Crippen LogP contribution in [0.3, 0.4) is 0 Å². The van der Waals surface area contributed by atoms with Gasteiger partial charge in [-0.3, -0.25) is 0 Å². The predicted octanol–water partition coefficient (Wildman–Crippen LogP) is 17.7. The second-order valence-electron chi connectivity index (χ2n) is 19.6. The summed E-state index contributed by atoms with van der Waals surface area (Å²) in [5, 5.41) is 4.86. The molecule has 0 fully saturated rings. The van der Waals surface area contributed by atoms with Crippen LogP contribution < -0.4 is 0 Å². The second-order valence-corrected chi connectivity index (χ2v) is 19.6. The summed E-state index contributed by atoms with van der Waals surface area (Å²) < 4.78 is 4.83. The van der Waals surface area contributed by atoms with Gasteiger partial charge in [-0.2, -0.15) is 0 Å².